The van der Waals surface area contributed by atoms with Crippen molar-refractivity contribution in [3.8, 4) is 10.6 Å². The van der Waals surface area contributed by atoms with E-state index in [1.54, 1.807) is 11.3 Å². The van der Waals surface area contributed by atoms with Gasteiger partial charge in [-0.05, 0) is 25.6 Å². The van der Waals surface area contributed by atoms with Crippen molar-refractivity contribution in [3.63, 3.8) is 0 Å². The van der Waals surface area contributed by atoms with E-state index in [9.17, 15) is 0 Å². The lowest BCUT2D eigenvalue weighted by Crippen LogP contribution is -2.14. The number of nitrogens with zero attached hydrogens (tertiary/aromatic N) is 2. The number of benzene rings is 1. The summed E-state index contributed by atoms with van der Waals surface area (Å²) in [5.41, 5.74) is 0.967. The SMILES string of the molecule is CCNCCCc1nnc(-c2ccccc2Cl)s1. The summed E-state index contributed by atoms with van der Waals surface area (Å²) in [7, 11) is 0. The van der Waals surface area contributed by atoms with Crippen molar-refractivity contribution in [2.45, 2.75) is 19.8 Å². The molecule has 0 atom stereocenters. The lowest BCUT2D eigenvalue weighted by molar-refractivity contribution is 0.669. The van der Waals surface area contributed by atoms with Gasteiger partial charge in [-0.2, -0.15) is 0 Å². The molecule has 1 aromatic carbocycles. The Labute approximate surface area is 116 Å². The summed E-state index contributed by atoms with van der Waals surface area (Å²) in [5, 5.41) is 14.4. The molecule has 0 unspecified atom stereocenters. The molecule has 2 rings (SSSR count). The van der Waals surface area contributed by atoms with Crippen molar-refractivity contribution in [2.24, 2.45) is 0 Å². The Balaban J connectivity index is 2.00. The van der Waals surface area contributed by atoms with E-state index in [1.807, 2.05) is 24.3 Å². The fourth-order valence-corrected chi connectivity index (χ4v) is 2.84. The first-order chi connectivity index (χ1) is 8.81. The van der Waals surface area contributed by atoms with E-state index >= 15 is 0 Å². The summed E-state index contributed by atoms with van der Waals surface area (Å²) in [5.74, 6) is 0. The molecule has 96 valence electrons. The van der Waals surface area contributed by atoms with Crippen LogP contribution >= 0.6 is 22.9 Å². The molecule has 0 aliphatic rings. The minimum atomic E-state index is 0.729. The molecule has 1 heterocycles. The molecule has 0 spiro atoms. The maximum atomic E-state index is 6.14. The van der Waals surface area contributed by atoms with Gasteiger partial charge in [-0.25, -0.2) is 0 Å². The third kappa shape index (κ3) is 3.51. The molecule has 0 aliphatic heterocycles. The lowest BCUT2D eigenvalue weighted by Gasteiger charge is -1.98. The topological polar surface area (TPSA) is 37.8 Å². The minimum Gasteiger partial charge on any atom is -0.317 e. The second-order valence-corrected chi connectivity index (χ2v) is 5.41. The Hall–Kier alpha value is -0.970. The van der Waals surface area contributed by atoms with Crippen LogP contribution in [-0.2, 0) is 6.42 Å². The molecule has 0 radical (unpaired) electrons. The highest BCUT2D eigenvalue weighted by molar-refractivity contribution is 7.14. The van der Waals surface area contributed by atoms with Crippen molar-refractivity contribution >= 4 is 22.9 Å². The zero-order chi connectivity index (χ0) is 12.8. The van der Waals surface area contributed by atoms with Gasteiger partial charge in [-0.1, -0.05) is 48.1 Å². The highest BCUT2D eigenvalue weighted by Gasteiger charge is 2.09. The average molecular weight is 282 g/mol. The zero-order valence-electron chi connectivity index (χ0n) is 10.3. The van der Waals surface area contributed by atoms with Crippen LogP contribution in [0.5, 0.6) is 0 Å². The number of hydrogen-bond acceptors (Lipinski definition) is 4. The molecule has 3 nitrogen and oxygen atoms in total. The molecule has 0 amide bonds. The van der Waals surface area contributed by atoms with Crippen LogP contribution in [0.2, 0.25) is 5.02 Å². The van der Waals surface area contributed by atoms with Gasteiger partial charge in [0.2, 0.25) is 0 Å². The summed E-state index contributed by atoms with van der Waals surface area (Å²) >= 11 is 7.77. The van der Waals surface area contributed by atoms with Gasteiger partial charge in [0.15, 0.2) is 0 Å². The van der Waals surface area contributed by atoms with E-state index in [-0.39, 0.29) is 0 Å². The Kier molecular flexibility index (Phi) is 5.11. The molecule has 2 aromatic rings. The van der Waals surface area contributed by atoms with Crippen LogP contribution in [0, 0.1) is 0 Å². The van der Waals surface area contributed by atoms with Gasteiger partial charge >= 0.3 is 0 Å². The smallest absolute Gasteiger partial charge is 0.149 e. The van der Waals surface area contributed by atoms with E-state index in [1.165, 1.54) is 0 Å². The van der Waals surface area contributed by atoms with Crippen molar-refractivity contribution in [1.82, 2.24) is 15.5 Å². The number of aryl methyl sites for hydroxylation is 1. The molecular weight excluding hydrogens is 266 g/mol. The van der Waals surface area contributed by atoms with Gasteiger partial charge in [0.25, 0.3) is 0 Å². The van der Waals surface area contributed by atoms with Crippen molar-refractivity contribution in [1.29, 1.82) is 0 Å². The van der Waals surface area contributed by atoms with Gasteiger partial charge in [-0.15, -0.1) is 10.2 Å². The predicted molar refractivity (Wildman–Crippen MR) is 77.2 cm³/mol. The van der Waals surface area contributed by atoms with Crippen LogP contribution in [0.15, 0.2) is 24.3 Å². The van der Waals surface area contributed by atoms with Crippen LogP contribution in [-0.4, -0.2) is 23.3 Å². The summed E-state index contributed by atoms with van der Waals surface area (Å²) < 4.78 is 0. The lowest BCUT2D eigenvalue weighted by atomic mass is 10.2. The number of hydrogen-bond donors (Lipinski definition) is 1. The fourth-order valence-electron chi connectivity index (χ4n) is 1.64. The monoisotopic (exact) mass is 281 g/mol. The average Bonchev–Trinajstić information content (AvgIpc) is 2.84. The molecular formula is C13H16ClN3S. The quantitative estimate of drug-likeness (QED) is 0.825. The molecule has 1 aromatic heterocycles. The normalized spacial score (nSPS) is 10.8. The maximum Gasteiger partial charge on any atom is 0.149 e. The Morgan fingerprint density at radius 3 is 2.89 bits per heavy atom. The highest BCUT2D eigenvalue weighted by atomic mass is 35.5. The first kappa shape index (κ1) is 13.5. The number of nitrogens with one attached hydrogen (secondary N) is 1. The van der Waals surface area contributed by atoms with Gasteiger partial charge in [0.05, 0.1) is 5.02 Å². The molecule has 0 aliphatic carbocycles. The van der Waals surface area contributed by atoms with E-state index in [2.05, 4.69) is 22.4 Å². The summed E-state index contributed by atoms with van der Waals surface area (Å²) in [6, 6.07) is 7.74. The minimum absolute atomic E-state index is 0.729. The number of aromatic nitrogens is 2. The van der Waals surface area contributed by atoms with E-state index in [4.69, 9.17) is 11.6 Å². The third-order valence-electron chi connectivity index (χ3n) is 2.57. The Morgan fingerprint density at radius 1 is 1.28 bits per heavy atom. The highest BCUT2D eigenvalue weighted by Crippen LogP contribution is 2.30. The standard InChI is InChI=1S/C13H16ClN3S/c1-2-15-9-5-8-12-16-17-13(18-12)10-6-3-4-7-11(10)14/h3-4,6-7,15H,2,5,8-9H2,1H3. The van der Waals surface area contributed by atoms with E-state index < -0.39 is 0 Å². The third-order valence-corrected chi connectivity index (χ3v) is 3.91. The van der Waals surface area contributed by atoms with Gasteiger partial charge in [-0.3, -0.25) is 0 Å². The van der Waals surface area contributed by atoms with Crippen LogP contribution < -0.4 is 5.32 Å². The van der Waals surface area contributed by atoms with Gasteiger partial charge < -0.3 is 5.32 Å². The summed E-state index contributed by atoms with van der Waals surface area (Å²) in [6.45, 7) is 4.15. The van der Waals surface area contributed by atoms with Crippen molar-refractivity contribution in [2.75, 3.05) is 13.1 Å². The van der Waals surface area contributed by atoms with Crippen LogP contribution in [0.1, 0.15) is 18.4 Å². The van der Waals surface area contributed by atoms with Crippen LogP contribution in [0.3, 0.4) is 0 Å². The first-order valence-electron chi connectivity index (χ1n) is 6.09. The van der Waals surface area contributed by atoms with Crippen molar-refractivity contribution < 1.29 is 0 Å². The molecule has 1 N–H and O–H groups in total. The largest absolute Gasteiger partial charge is 0.317 e. The van der Waals surface area contributed by atoms with Gasteiger partial charge in [0.1, 0.15) is 10.0 Å². The summed E-state index contributed by atoms with van der Waals surface area (Å²) in [4.78, 5) is 0. The van der Waals surface area contributed by atoms with Crippen LogP contribution in [0.25, 0.3) is 10.6 Å². The Morgan fingerprint density at radius 2 is 2.11 bits per heavy atom. The molecule has 18 heavy (non-hydrogen) atoms. The molecule has 0 saturated heterocycles. The second kappa shape index (κ2) is 6.83. The fraction of sp³-hybridized carbons (Fsp3) is 0.385. The summed E-state index contributed by atoms with van der Waals surface area (Å²) in [6.07, 6.45) is 2.06. The van der Waals surface area contributed by atoms with Crippen LogP contribution in [0.4, 0.5) is 0 Å². The predicted octanol–water partition coefficient (Wildman–Crippen LogP) is 3.40. The van der Waals surface area contributed by atoms with E-state index in [0.29, 0.717) is 0 Å². The first-order valence-corrected chi connectivity index (χ1v) is 7.28. The Bertz CT molecular complexity index is 498. The van der Waals surface area contributed by atoms with E-state index in [0.717, 1.165) is 46.5 Å². The molecule has 0 saturated carbocycles. The molecule has 5 heteroatoms. The molecule has 0 fully saturated rings. The number of rotatable bonds is 6. The zero-order valence-corrected chi connectivity index (χ0v) is 11.9. The second-order valence-electron chi connectivity index (χ2n) is 3.94. The van der Waals surface area contributed by atoms with Gasteiger partial charge in [0, 0.05) is 12.0 Å². The molecule has 0 bridgehead atoms. The number of halogens is 1. The van der Waals surface area contributed by atoms with Crippen molar-refractivity contribution in [3.05, 3.63) is 34.3 Å². The maximum absolute atomic E-state index is 6.14.